The van der Waals surface area contributed by atoms with Gasteiger partial charge in [0.05, 0.1) is 0 Å². The molecule has 0 unspecified atom stereocenters. The Morgan fingerprint density at radius 3 is 0.250 bits per heavy atom. The Morgan fingerprint density at radius 1 is 0.250 bits per heavy atom. The summed E-state index contributed by atoms with van der Waals surface area (Å²) in [6, 6.07) is 0. The van der Waals surface area contributed by atoms with Crippen LogP contribution in [0.4, 0.5) is 0 Å². The second-order valence-corrected chi connectivity index (χ2v) is 0. The van der Waals surface area contributed by atoms with Gasteiger partial charge < -0.3 is 38.3 Å². The van der Waals surface area contributed by atoms with Gasteiger partial charge in [-0.3, -0.25) is 0 Å². The summed E-state index contributed by atoms with van der Waals surface area (Å²) < 4.78 is 0. The van der Waals surface area contributed by atoms with Crippen LogP contribution >= 0.6 is 0 Å². The zero-order valence-electron chi connectivity index (χ0n) is 3.84. The van der Waals surface area contributed by atoms with Gasteiger partial charge in [-0.1, -0.05) is 0 Å². The molecule has 7 nitrogen and oxygen atoms in total. The maximum atomic E-state index is 0. The summed E-state index contributed by atoms with van der Waals surface area (Å²) in [7, 11) is 0. The molecule has 0 spiro atoms. The zero-order valence-corrected chi connectivity index (χ0v) is 6.05. The minimum Gasteiger partial charge on any atom is -0.870 e. The molecule has 8 heavy (non-hydrogen) atoms. The molecule has 0 radical (unpaired) electrons. The molecule has 56 valence electrons. The van der Waals surface area contributed by atoms with Crippen molar-refractivity contribution in [1.82, 2.24) is 0 Å². The molecule has 0 saturated carbocycles. The molecular weight excluding hydrogens is 152 g/mol. The maximum absolute atomic E-state index is 0. The Balaban J connectivity index is 0. The third-order valence-corrected chi connectivity index (χ3v) is 0. The second-order valence-electron chi connectivity index (χ2n) is 0. The van der Waals surface area contributed by atoms with E-state index in [9.17, 15) is 0 Å². The van der Waals surface area contributed by atoms with Crippen molar-refractivity contribution in [3.63, 3.8) is 0 Å². The number of hydrogen-bond acceptors (Lipinski definition) is 7. The Kier molecular flexibility index (Phi) is 30200. The van der Waals surface area contributed by atoms with Crippen LogP contribution in [0.2, 0.25) is 0 Å². The topological polar surface area (TPSA) is 210 Å². The van der Waals surface area contributed by atoms with Crippen molar-refractivity contribution in [1.29, 1.82) is 0 Å². The van der Waals surface area contributed by atoms with Crippen molar-refractivity contribution in [2.75, 3.05) is 0 Å². The molecular formula is H7CaO7-5. The smallest absolute Gasteiger partial charge is 0.870 e. The summed E-state index contributed by atoms with van der Waals surface area (Å²) in [5.74, 6) is 0. The molecule has 0 aliphatic heterocycles. The fourth-order valence-corrected chi connectivity index (χ4v) is 0. The summed E-state index contributed by atoms with van der Waals surface area (Å²) in [5, 5.41) is 0. The minimum absolute atomic E-state index is 0. The van der Waals surface area contributed by atoms with Gasteiger partial charge in [-0.05, 0) is 0 Å². The first-order valence-corrected chi connectivity index (χ1v) is 0. The largest absolute Gasteiger partial charge is 2.00 e. The fourth-order valence-electron chi connectivity index (χ4n) is 0. The monoisotopic (exact) mass is 159 g/mol. The van der Waals surface area contributed by atoms with Gasteiger partial charge >= 0.3 is 37.7 Å². The van der Waals surface area contributed by atoms with Crippen LogP contribution in [-0.2, 0) is 0 Å². The molecule has 0 aromatic heterocycles. The Hall–Kier alpha value is 0.980. The molecule has 0 bridgehead atoms. The van der Waals surface area contributed by atoms with Crippen LogP contribution in [0.3, 0.4) is 0 Å². The van der Waals surface area contributed by atoms with E-state index in [-0.39, 0.29) is 76.1 Å². The molecule has 0 rings (SSSR count). The Labute approximate surface area is 75.8 Å². The van der Waals surface area contributed by atoms with Gasteiger partial charge in [0, 0.05) is 0 Å². The van der Waals surface area contributed by atoms with Gasteiger partial charge in [0.1, 0.15) is 0 Å². The van der Waals surface area contributed by atoms with Crippen molar-refractivity contribution in [3.05, 3.63) is 0 Å². The van der Waals surface area contributed by atoms with Crippen molar-refractivity contribution < 1.29 is 38.3 Å². The van der Waals surface area contributed by atoms with Crippen molar-refractivity contribution in [3.8, 4) is 0 Å². The first kappa shape index (κ1) is 596. The van der Waals surface area contributed by atoms with E-state index < -0.39 is 0 Å². The summed E-state index contributed by atoms with van der Waals surface area (Å²) in [5.41, 5.74) is 0. The van der Waals surface area contributed by atoms with E-state index in [0.717, 1.165) is 0 Å². The summed E-state index contributed by atoms with van der Waals surface area (Å²) in [6.07, 6.45) is 0. The van der Waals surface area contributed by atoms with Gasteiger partial charge in [0.2, 0.25) is 0 Å². The van der Waals surface area contributed by atoms with Gasteiger partial charge in [0.25, 0.3) is 0 Å². The molecule has 0 saturated heterocycles. The molecule has 0 aromatic carbocycles. The van der Waals surface area contributed by atoms with Crippen LogP contribution in [0.1, 0.15) is 0 Å². The fraction of sp³-hybridized carbons (Fsp3) is 0. The van der Waals surface area contributed by atoms with E-state index >= 15 is 0 Å². The van der Waals surface area contributed by atoms with Gasteiger partial charge in [0.15, 0.2) is 0 Å². The average molecular weight is 159 g/mol. The quantitative estimate of drug-likeness (QED) is 0.376. The predicted octanol–water partition coefficient (Wildman–Crippen LogP) is -1.62. The van der Waals surface area contributed by atoms with Crippen LogP contribution in [-0.4, -0.2) is 76.1 Å². The predicted molar refractivity (Wildman–Crippen MR) is 19.3 cm³/mol. The van der Waals surface area contributed by atoms with Crippen LogP contribution in [0.5, 0.6) is 0 Å². The Bertz CT molecular complexity index is 4.35. The van der Waals surface area contributed by atoms with Crippen LogP contribution in [0, 0.1) is 0 Å². The SMILES string of the molecule is [Ca+2].[OH-].[OH-].[OH-].[OH-].[OH-].[OH-].[OH-]. The van der Waals surface area contributed by atoms with E-state index in [2.05, 4.69) is 0 Å². The molecule has 0 aromatic rings. The summed E-state index contributed by atoms with van der Waals surface area (Å²) >= 11 is 0. The molecule has 0 aliphatic rings. The van der Waals surface area contributed by atoms with Crippen molar-refractivity contribution in [2.45, 2.75) is 0 Å². The van der Waals surface area contributed by atoms with Crippen LogP contribution in [0.25, 0.3) is 0 Å². The first-order valence-electron chi connectivity index (χ1n) is 0. The van der Waals surface area contributed by atoms with E-state index in [1.165, 1.54) is 0 Å². The van der Waals surface area contributed by atoms with Gasteiger partial charge in [-0.2, -0.15) is 0 Å². The van der Waals surface area contributed by atoms with Crippen LogP contribution < -0.4 is 0 Å². The molecule has 8 heteroatoms. The number of hydrogen-bond donors (Lipinski definition) is 0. The van der Waals surface area contributed by atoms with E-state index in [1.54, 1.807) is 0 Å². The standard InChI is InChI=1S/Ca.7H2O/h;7*1H2/q+2;;;;;;;/p-7. The van der Waals surface area contributed by atoms with Gasteiger partial charge in [-0.15, -0.1) is 0 Å². The normalized spacial score (nSPS) is 0. The molecule has 0 heterocycles. The zero-order chi connectivity index (χ0) is 0. The maximum Gasteiger partial charge on any atom is 2.00 e. The third kappa shape index (κ3) is 260. The summed E-state index contributed by atoms with van der Waals surface area (Å²) in [6.45, 7) is 0. The molecule has 0 aliphatic carbocycles. The van der Waals surface area contributed by atoms with Crippen LogP contribution in [0.15, 0.2) is 0 Å². The third-order valence-electron chi connectivity index (χ3n) is 0. The molecule has 7 N–H and O–H groups in total. The van der Waals surface area contributed by atoms with E-state index in [0.29, 0.717) is 0 Å². The molecule has 0 fully saturated rings. The van der Waals surface area contributed by atoms with Crippen molar-refractivity contribution in [2.24, 2.45) is 0 Å². The van der Waals surface area contributed by atoms with E-state index in [4.69, 9.17) is 0 Å². The van der Waals surface area contributed by atoms with Crippen molar-refractivity contribution >= 4 is 37.7 Å². The molecule has 0 atom stereocenters. The average Bonchev–Trinajstić information content (AvgIpc) is 0. The Morgan fingerprint density at radius 2 is 0.250 bits per heavy atom. The minimum atomic E-state index is 0. The number of rotatable bonds is 0. The second kappa shape index (κ2) is 405. The molecule has 0 amide bonds. The van der Waals surface area contributed by atoms with E-state index in [1.807, 2.05) is 0 Å². The summed E-state index contributed by atoms with van der Waals surface area (Å²) in [4.78, 5) is 0. The first-order chi connectivity index (χ1) is 0. The van der Waals surface area contributed by atoms with Gasteiger partial charge in [-0.25, -0.2) is 0 Å².